The van der Waals surface area contributed by atoms with Gasteiger partial charge >= 0.3 is 0 Å². The van der Waals surface area contributed by atoms with E-state index >= 15 is 0 Å². The predicted octanol–water partition coefficient (Wildman–Crippen LogP) is -3.12. The topological polar surface area (TPSA) is 199 Å². The van der Waals surface area contributed by atoms with Crippen LogP contribution in [0, 0.1) is 5.92 Å². The first-order valence-corrected chi connectivity index (χ1v) is 11.5. The first-order chi connectivity index (χ1) is 15.6. The molecule has 4 atom stereocenters. The summed E-state index contributed by atoms with van der Waals surface area (Å²) in [6.07, 6.45) is 4.78. The lowest BCUT2D eigenvalue weighted by Gasteiger charge is -2.49. The molecule has 1 saturated carbocycles. The fourth-order valence-electron chi connectivity index (χ4n) is 5.90. The van der Waals surface area contributed by atoms with Crippen LogP contribution in [0.5, 0.6) is 0 Å². The van der Waals surface area contributed by atoms with Crippen molar-refractivity contribution in [3.8, 4) is 0 Å². The number of amides is 3. The van der Waals surface area contributed by atoms with Gasteiger partial charge in [0.2, 0.25) is 23.5 Å². The van der Waals surface area contributed by atoms with E-state index in [4.69, 9.17) is 11.5 Å². The van der Waals surface area contributed by atoms with Crippen molar-refractivity contribution in [2.75, 3.05) is 13.1 Å². The number of nitrogens with one attached hydrogen (secondary N) is 2. The Morgan fingerprint density at radius 2 is 1.79 bits per heavy atom. The van der Waals surface area contributed by atoms with E-state index in [1.807, 2.05) is 0 Å². The molecule has 13 nitrogen and oxygen atoms in total. The van der Waals surface area contributed by atoms with Gasteiger partial charge in [-0.05, 0) is 12.8 Å². The molecule has 0 radical (unpaired) electrons. The largest absolute Gasteiger partial charge is 0.370 e. The molecule has 0 aromatic rings. The Kier molecular flexibility index (Phi) is 5.01. The third kappa shape index (κ3) is 3.16. The monoisotopic (exact) mass is 462 g/mol. The Morgan fingerprint density at radius 1 is 1.12 bits per heavy atom. The van der Waals surface area contributed by atoms with E-state index < -0.39 is 29.6 Å². The SMILES string of the molecule is NC1=N[C@H]2[C@H](CN3C(=O)CCC3=O)N=C(N)N3CC(NC(=O)C4CCCCC4)C(O)(O)C23N1. The van der Waals surface area contributed by atoms with Gasteiger partial charge in [0.15, 0.2) is 17.6 Å². The van der Waals surface area contributed by atoms with Crippen molar-refractivity contribution in [1.82, 2.24) is 20.4 Å². The number of carbonyl (C=O) groups excluding carboxylic acids is 3. The second-order valence-corrected chi connectivity index (χ2v) is 9.54. The Balaban J connectivity index is 1.44. The second kappa shape index (κ2) is 7.55. The van der Waals surface area contributed by atoms with Crippen LogP contribution in [0.4, 0.5) is 0 Å². The number of rotatable bonds is 4. The smallest absolute Gasteiger partial charge is 0.231 e. The van der Waals surface area contributed by atoms with Crippen LogP contribution in [0.25, 0.3) is 0 Å². The first kappa shape index (κ1) is 21.9. The molecule has 2 saturated heterocycles. The zero-order valence-corrected chi connectivity index (χ0v) is 18.2. The van der Waals surface area contributed by atoms with Gasteiger partial charge in [0.25, 0.3) is 0 Å². The summed E-state index contributed by atoms with van der Waals surface area (Å²) >= 11 is 0. The zero-order chi connectivity index (χ0) is 23.5. The normalized spacial score (nSPS) is 35.6. The van der Waals surface area contributed by atoms with Gasteiger partial charge in [0.1, 0.15) is 12.1 Å². The van der Waals surface area contributed by atoms with E-state index in [2.05, 4.69) is 20.6 Å². The molecule has 4 aliphatic heterocycles. The zero-order valence-electron chi connectivity index (χ0n) is 18.2. The number of carbonyl (C=O) groups is 3. The molecule has 13 heteroatoms. The summed E-state index contributed by atoms with van der Waals surface area (Å²) in [6.45, 7) is -0.131. The Morgan fingerprint density at radius 3 is 2.45 bits per heavy atom. The highest BCUT2D eigenvalue weighted by Crippen LogP contribution is 2.45. The van der Waals surface area contributed by atoms with Gasteiger partial charge in [-0.3, -0.25) is 19.3 Å². The summed E-state index contributed by atoms with van der Waals surface area (Å²) < 4.78 is 0. The van der Waals surface area contributed by atoms with Gasteiger partial charge in [0, 0.05) is 25.3 Å². The lowest BCUT2D eigenvalue weighted by Crippen LogP contribution is -2.78. The Bertz CT molecular complexity index is 929. The van der Waals surface area contributed by atoms with Crippen LogP contribution in [0.2, 0.25) is 0 Å². The van der Waals surface area contributed by atoms with Crippen molar-refractivity contribution in [1.29, 1.82) is 0 Å². The third-order valence-electron chi connectivity index (χ3n) is 7.62. The molecule has 5 aliphatic rings. The number of nitrogens with two attached hydrogens (primary N) is 2. The minimum Gasteiger partial charge on any atom is -0.370 e. The molecule has 1 aliphatic carbocycles. The van der Waals surface area contributed by atoms with Crippen LogP contribution in [0.15, 0.2) is 9.98 Å². The van der Waals surface area contributed by atoms with Crippen LogP contribution in [-0.2, 0) is 14.4 Å². The van der Waals surface area contributed by atoms with Crippen LogP contribution in [0.3, 0.4) is 0 Å². The highest BCUT2D eigenvalue weighted by atomic mass is 16.5. The van der Waals surface area contributed by atoms with Crippen molar-refractivity contribution in [2.24, 2.45) is 27.4 Å². The molecule has 0 aromatic carbocycles. The maximum Gasteiger partial charge on any atom is 0.231 e. The molecule has 3 fully saturated rings. The van der Waals surface area contributed by atoms with E-state index in [0.29, 0.717) is 0 Å². The molecule has 5 rings (SSSR count). The molecule has 2 unspecified atom stereocenters. The number of likely N-dealkylation sites (tertiary alicyclic amines) is 1. The number of nitrogens with zero attached hydrogens (tertiary/aromatic N) is 4. The van der Waals surface area contributed by atoms with Gasteiger partial charge in [-0.25, -0.2) is 9.98 Å². The number of imide groups is 1. The number of aliphatic hydroxyl groups is 2. The van der Waals surface area contributed by atoms with Crippen molar-refractivity contribution >= 4 is 29.6 Å². The van der Waals surface area contributed by atoms with E-state index in [1.54, 1.807) is 0 Å². The fraction of sp³-hybridized carbons (Fsp3) is 0.750. The van der Waals surface area contributed by atoms with Gasteiger partial charge in [-0.1, -0.05) is 19.3 Å². The summed E-state index contributed by atoms with van der Waals surface area (Å²) in [5, 5.41) is 28.5. The van der Waals surface area contributed by atoms with E-state index in [1.165, 1.54) is 4.90 Å². The average molecular weight is 463 g/mol. The standard InChI is InChI=1S/C20H30N8O5/c21-17-25-15-11(8-27-13(29)6-7-14(27)30)23-18(22)28-9-12(20(32,33)19(15,28)26-17)24-16(31)10-4-2-1-3-5-10/h10-12,15,32-33H,1-9H2,(H2,22,23)(H,24,31)(H3,21,25,26)/t11-,12?,15-,19?/m0/s1. The van der Waals surface area contributed by atoms with Crippen LogP contribution < -0.4 is 22.1 Å². The molecular weight excluding hydrogens is 432 g/mol. The molecule has 0 aromatic heterocycles. The van der Waals surface area contributed by atoms with Gasteiger partial charge in [0.05, 0.1) is 12.6 Å². The van der Waals surface area contributed by atoms with Crippen molar-refractivity contribution in [3.63, 3.8) is 0 Å². The fourth-order valence-corrected chi connectivity index (χ4v) is 5.90. The third-order valence-corrected chi connectivity index (χ3v) is 7.62. The van der Waals surface area contributed by atoms with Crippen LogP contribution in [-0.4, -0.2) is 92.3 Å². The van der Waals surface area contributed by atoms with E-state index in [0.717, 1.165) is 37.0 Å². The number of guanidine groups is 2. The van der Waals surface area contributed by atoms with E-state index in [9.17, 15) is 24.6 Å². The Hall–Kier alpha value is -2.93. The molecule has 3 amide bonds. The van der Waals surface area contributed by atoms with Gasteiger partial charge < -0.3 is 37.2 Å². The number of hydrogen-bond donors (Lipinski definition) is 6. The summed E-state index contributed by atoms with van der Waals surface area (Å²) in [5.41, 5.74) is 10.5. The second-order valence-electron chi connectivity index (χ2n) is 9.54. The lowest BCUT2D eigenvalue weighted by atomic mass is 9.84. The highest BCUT2D eigenvalue weighted by molar-refractivity contribution is 6.02. The van der Waals surface area contributed by atoms with Crippen molar-refractivity contribution < 1.29 is 24.6 Å². The number of hydrogen-bond acceptors (Lipinski definition) is 11. The highest BCUT2D eigenvalue weighted by Gasteiger charge is 2.73. The van der Waals surface area contributed by atoms with E-state index in [-0.39, 0.29) is 61.5 Å². The quantitative estimate of drug-likeness (QED) is 0.185. The minimum absolute atomic E-state index is 0.0189. The molecule has 4 heterocycles. The molecule has 180 valence electrons. The summed E-state index contributed by atoms with van der Waals surface area (Å²) in [4.78, 5) is 48.6. The molecule has 33 heavy (non-hydrogen) atoms. The van der Waals surface area contributed by atoms with Crippen molar-refractivity contribution in [2.45, 2.75) is 74.5 Å². The first-order valence-electron chi connectivity index (χ1n) is 11.5. The molecule has 0 bridgehead atoms. The molecular formula is C20H30N8O5. The van der Waals surface area contributed by atoms with Gasteiger partial charge in [-0.15, -0.1) is 0 Å². The Labute approximate surface area is 190 Å². The number of aliphatic imine (C=N–C) groups is 2. The maximum absolute atomic E-state index is 12.9. The molecule has 8 N–H and O–H groups in total. The van der Waals surface area contributed by atoms with Crippen LogP contribution >= 0.6 is 0 Å². The summed E-state index contributed by atoms with van der Waals surface area (Å²) in [5.74, 6) is -3.64. The summed E-state index contributed by atoms with van der Waals surface area (Å²) in [6, 6.07) is -2.89. The maximum atomic E-state index is 12.9. The lowest BCUT2D eigenvalue weighted by molar-refractivity contribution is -0.232. The summed E-state index contributed by atoms with van der Waals surface area (Å²) in [7, 11) is 0. The van der Waals surface area contributed by atoms with Crippen molar-refractivity contribution in [3.05, 3.63) is 0 Å². The minimum atomic E-state index is -2.52. The predicted molar refractivity (Wildman–Crippen MR) is 115 cm³/mol. The molecule has 1 spiro atoms. The average Bonchev–Trinajstić information content (AvgIpc) is 3.37. The van der Waals surface area contributed by atoms with Gasteiger partial charge in [-0.2, -0.15) is 0 Å². The van der Waals surface area contributed by atoms with Crippen LogP contribution in [0.1, 0.15) is 44.9 Å².